The van der Waals surface area contributed by atoms with Crippen LogP contribution in [0, 0.1) is 11.3 Å². The minimum atomic E-state index is -0.262. The summed E-state index contributed by atoms with van der Waals surface area (Å²) < 4.78 is 5.42. The maximum atomic E-state index is 12.3. The first-order valence-corrected chi connectivity index (χ1v) is 9.35. The van der Waals surface area contributed by atoms with Gasteiger partial charge in [-0.1, -0.05) is 20.8 Å². The number of nitrogens with zero attached hydrogens (tertiary/aromatic N) is 1. The van der Waals surface area contributed by atoms with E-state index in [1.165, 1.54) is 4.90 Å². The van der Waals surface area contributed by atoms with Gasteiger partial charge in [0.25, 0.3) is 0 Å². The Kier molecular flexibility index (Phi) is 8.21. The molecule has 26 heavy (non-hydrogen) atoms. The third-order valence-electron chi connectivity index (χ3n) is 4.32. The molecule has 0 bridgehead atoms. The van der Waals surface area contributed by atoms with Crippen LogP contribution in [0.5, 0.6) is 0 Å². The lowest BCUT2D eigenvalue weighted by Gasteiger charge is -2.24. The number of hydrogen-bond acceptors (Lipinski definition) is 5. The number of nitrogens with one attached hydrogen (secondary N) is 2. The van der Waals surface area contributed by atoms with Crippen molar-refractivity contribution in [3.05, 3.63) is 0 Å². The summed E-state index contributed by atoms with van der Waals surface area (Å²) in [5, 5.41) is 6.12. The molecule has 1 aliphatic heterocycles. The summed E-state index contributed by atoms with van der Waals surface area (Å²) in [6, 6.07) is 0. The van der Waals surface area contributed by atoms with Gasteiger partial charge in [-0.15, -0.1) is 0 Å². The second kappa shape index (κ2) is 9.46. The van der Waals surface area contributed by atoms with Crippen molar-refractivity contribution >= 4 is 17.7 Å². The average molecular weight is 370 g/mol. The summed E-state index contributed by atoms with van der Waals surface area (Å²) in [6.07, 6.45) is 0.537. The Morgan fingerprint density at radius 2 is 1.77 bits per heavy atom. The zero-order chi connectivity index (χ0) is 20.0. The predicted octanol–water partition coefficient (Wildman–Crippen LogP) is 1.32. The molecule has 1 heterocycles. The molecule has 0 radical (unpaired) electrons. The molecule has 3 amide bonds. The van der Waals surface area contributed by atoms with Crippen molar-refractivity contribution in [1.82, 2.24) is 15.5 Å². The highest BCUT2D eigenvalue weighted by Crippen LogP contribution is 2.35. The van der Waals surface area contributed by atoms with Crippen LogP contribution in [0.4, 0.5) is 0 Å². The molecule has 2 N–H and O–H groups in total. The molecule has 1 atom stereocenters. The molecule has 1 rings (SSSR count). The maximum Gasteiger partial charge on any atom is 0.233 e. The number of rotatable bonds is 9. The Morgan fingerprint density at radius 3 is 2.31 bits per heavy atom. The Bertz CT molecular complexity index is 506. The first-order chi connectivity index (χ1) is 11.9. The zero-order valence-corrected chi connectivity index (χ0v) is 17.1. The van der Waals surface area contributed by atoms with Gasteiger partial charge in [0, 0.05) is 31.5 Å². The molecule has 1 unspecified atom stereocenters. The predicted molar refractivity (Wildman–Crippen MR) is 100 cm³/mol. The maximum absolute atomic E-state index is 12.3. The van der Waals surface area contributed by atoms with E-state index >= 15 is 0 Å². The van der Waals surface area contributed by atoms with Crippen LogP contribution in [0.25, 0.3) is 0 Å². The van der Waals surface area contributed by atoms with E-state index < -0.39 is 0 Å². The van der Waals surface area contributed by atoms with Crippen LogP contribution in [0.3, 0.4) is 0 Å². The van der Waals surface area contributed by atoms with E-state index in [4.69, 9.17) is 4.74 Å². The van der Waals surface area contributed by atoms with Gasteiger partial charge in [-0.2, -0.15) is 0 Å². The molecular formula is C19H35N3O4. The molecule has 0 saturated carbocycles. The largest absolute Gasteiger partial charge is 0.379 e. The molecule has 7 heteroatoms. The van der Waals surface area contributed by atoms with Crippen molar-refractivity contribution < 1.29 is 19.1 Å². The Morgan fingerprint density at radius 1 is 1.12 bits per heavy atom. The zero-order valence-electron chi connectivity index (χ0n) is 17.1. The highest BCUT2D eigenvalue weighted by molar-refractivity contribution is 6.03. The molecular weight excluding hydrogens is 334 g/mol. The SMILES string of the molecule is CC(C)(C)NCCNC(=O)CCOCCN1C(=O)CC(C(C)(C)C)C1=O. The minimum absolute atomic E-state index is 0.0320. The molecule has 0 spiro atoms. The summed E-state index contributed by atoms with van der Waals surface area (Å²) in [6.45, 7) is 14.2. The van der Waals surface area contributed by atoms with E-state index in [1.54, 1.807) is 0 Å². The van der Waals surface area contributed by atoms with Crippen LogP contribution in [0.1, 0.15) is 54.4 Å². The minimum Gasteiger partial charge on any atom is -0.379 e. The lowest BCUT2D eigenvalue weighted by Crippen LogP contribution is -2.41. The highest BCUT2D eigenvalue weighted by Gasteiger charge is 2.44. The van der Waals surface area contributed by atoms with E-state index in [0.29, 0.717) is 13.1 Å². The topological polar surface area (TPSA) is 87.7 Å². The van der Waals surface area contributed by atoms with Gasteiger partial charge in [0.1, 0.15) is 0 Å². The van der Waals surface area contributed by atoms with E-state index in [9.17, 15) is 14.4 Å². The number of ether oxygens (including phenoxy) is 1. The normalized spacial score (nSPS) is 18.5. The fraction of sp³-hybridized carbons (Fsp3) is 0.842. The lowest BCUT2D eigenvalue weighted by atomic mass is 9.80. The van der Waals surface area contributed by atoms with Gasteiger partial charge in [-0.25, -0.2) is 0 Å². The summed E-state index contributed by atoms with van der Waals surface area (Å²) in [7, 11) is 0. The van der Waals surface area contributed by atoms with Crippen LogP contribution in [-0.2, 0) is 19.1 Å². The molecule has 0 aromatic carbocycles. The van der Waals surface area contributed by atoms with Gasteiger partial charge in [0.05, 0.1) is 25.7 Å². The summed E-state index contributed by atoms with van der Waals surface area (Å²) in [5.41, 5.74) is -0.188. The van der Waals surface area contributed by atoms with Crippen LogP contribution < -0.4 is 10.6 Å². The van der Waals surface area contributed by atoms with Crippen LogP contribution in [0.15, 0.2) is 0 Å². The van der Waals surface area contributed by atoms with Gasteiger partial charge in [-0.05, 0) is 26.2 Å². The van der Waals surface area contributed by atoms with Crippen molar-refractivity contribution in [2.24, 2.45) is 11.3 Å². The highest BCUT2D eigenvalue weighted by atomic mass is 16.5. The molecule has 1 fully saturated rings. The number of imide groups is 1. The molecule has 150 valence electrons. The first kappa shape index (κ1) is 22.6. The monoisotopic (exact) mass is 369 g/mol. The summed E-state index contributed by atoms with van der Waals surface area (Å²) in [4.78, 5) is 37.3. The third-order valence-corrected chi connectivity index (χ3v) is 4.32. The van der Waals surface area contributed by atoms with E-state index in [-0.39, 0.29) is 67.2 Å². The van der Waals surface area contributed by atoms with Crippen molar-refractivity contribution in [2.75, 3.05) is 32.8 Å². The van der Waals surface area contributed by atoms with Gasteiger partial charge in [-0.3, -0.25) is 19.3 Å². The Labute approximate surface area is 157 Å². The second-order valence-electron chi connectivity index (χ2n) is 8.90. The molecule has 1 aliphatic rings. The van der Waals surface area contributed by atoms with Crippen molar-refractivity contribution in [2.45, 2.75) is 59.9 Å². The lowest BCUT2D eigenvalue weighted by molar-refractivity contribution is -0.141. The van der Waals surface area contributed by atoms with Gasteiger partial charge >= 0.3 is 0 Å². The average Bonchev–Trinajstić information content (AvgIpc) is 2.78. The standard InChI is InChI=1S/C19H35N3O4/c1-18(2,3)14-13-16(24)22(17(14)25)10-12-26-11-7-15(23)20-8-9-21-19(4,5)6/h14,21H,7-13H2,1-6H3,(H,20,23). The smallest absolute Gasteiger partial charge is 0.233 e. The molecule has 0 aromatic heterocycles. The first-order valence-electron chi connectivity index (χ1n) is 9.35. The number of amides is 3. The summed E-state index contributed by atoms with van der Waals surface area (Å²) >= 11 is 0. The quantitative estimate of drug-likeness (QED) is 0.473. The Balaban J connectivity index is 2.16. The van der Waals surface area contributed by atoms with Crippen molar-refractivity contribution in [3.8, 4) is 0 Å². The molecule has 1 saturated heterocycles. The van der Waals surface area contributed by atoms with E-state index in [1.807, 2.05) is 20.8 Å². The number of carbonyl (C=O) groups is 3. The van der Waals surface area contributed by atoms with Gasteiger partial charge < -0.3 is 15.4 Å². The van der Waals surface area contributed by atoms with E-state index in [2.05, 4.69) is 31.4 Å². The second-order valence-corrected chi connectivity index (χ2v) is 8.90. The van der Waals surface area contributed by atoms with E-state index in [0.717, 1.165) is 0 Å². The van der Waals surface area contributed by atoms with Crippen LogP contribution in [-0.4, -0.2) is 61.0 Å². The van der Waals surface area contributed by atoms with Gasteiger partial charge in [0.15, 0.2) is 0 Å². The Hall–Kier alpha value is -1.47. The molecule has 0 aromatic rings. The number of carbonyl (C=O) groups excluding carboxylic acids is 3. The fourth-order valence-electron chi connectivity index (χ4n) is 2.75. The van der Waals surface area contributed by atoms with Crippen molar-refractivity contribution in [1.29, 1.82) is 0 Å². The van der Waals surface area contributed by atoms with Crippen LogP contribution >= 0.6 is 0 Å². The molecule has 0 aliphatic carbocycles. The number of likely N-dealkylation sites (tertiary alicyclic amines) is 1. The van der Waals surface area contributed by atoms with Crippen LogP contribution in [0.2, 0.25) is 0 Å². The van der Waals surface area contributed by atoms with Crippen molar-refractivity contribution in [3.63, 3.8) is 0 Å². The molecule has 7 nitrogen and oxygen atoms in total. The number of hydrogen-bond donors (Lipinski definition) is 2. The summed E-state index contributed by atoms with van der Waals surface area (Å²) in [5.74, 6) is -0.581. The van der Waals surface area contributed by atoms with Gasteiger partial charge in [0.2, 0.25) is 17.7 Å². The third kappa shape index (κ3) is 7.83. The fourth-order valence-corrected chi connectivity index (χ4v) is 2.75.